The molecule has 1 nitrogen and oxygen atoms in total. The molecule has 1 aromatic carbocycles. The van der Waals surface area contributed by atoms with Crippen molar-refractivity contribution in [1.82, 2.24) is 0 Å². The largest absolute Gasteiger partial charge is 0.198 e. The van der Waals surface area contributed by atoms with Gasteiger partial charge in [0.2, 0.25) is 0 Å². The fourth-order valence-corrected chi connectivity index (χ4v) is 3.72. The lowest BCUT2D eigenvalue weighted by atomic mass is 9.63. The number of nitrogens with zero attached hydrogens (tertiary/aromatic N) is 1. The van der Waals surface area contributed by atoms with Gasteiger partial charge >= 0.3 is 0 Å². The van der Waals surface area contributed by atoms with Crippen LogP contribution < -0.4 is 0 Å². The average molecular weight is 283 g/mol. The van der Waals surface area contributed by atoms with E-state index in [4.69, 9.17) is 0 Å². The Morgan fingerprint density at radius 3 is 2.33 bits per heavy atom. The van der Waals surface area contributed by atoms with Crippen molar-refractivity contribution in [2.75, 3.05) is 0 Å². The molecule has 0 bridgehead atoms. The predicted molar refractivity (Wildman–Crippen MR) is 89.1 cm³/mol. The van der Waals surface area contributed by atoms with Crippen LogP contribution in [0.15, 0.2) is 18.2 Å². The van der Waals surface area contributed by atoms with Gasteiger partial charge in [0.25, 0.3) is 0 Å². The quantitative estimate of drug-likeness (QED) is 0.694. The highest BCUT2D eigenvalue weighted by atomic mass is 14.4. The molecule has 1 aliphatic carbocycles. The second-order valence-electron chi connectivity index (χ2n) is 8.14. The van der Waals surface area contributed by atoms with E-state index in [0.717, 1.165) is 25.2 Å². The number of benzene rings is 1. The van der Waals surface area contributed by atoms with Gasteiger partial charge in [-0.3, -0.25) is 0 Å². The highest BCUT2D eigenvalue weighted by molar-refractivity contribution is 5.32. The second kappa shape index (κ2) is 5.84. The lowest BCUT2D eigenvalue weighted by Crippen LogP contribution is -2.33. The van der Waals surface area contributed by atoms with Crippen LogP contribution in [0.2, 0.25) is 0 Å². The van der Waals surface area contributed by atoms with Gasteiger partial charge in [-0.2, -0.15) is 5.26 Å². The maximum Gasteiger partial charge on any atom is 0.0693 e. The van der Waals surface area contributed by atoms with E-state index in [1.54, 1.807) is 0 Å². The van der Waals surface area contributed by atoms with Crippen molar-refractivity contribution in [3.8, 4) is 6.07 Å². The summed E-state index contributed by atoms with van der Waals surface area (Å²) in [7, 11) is 0. The van der Waals surface area contributed by atoms with Gasteiger partial charge in [-0.25, -0.2) is 0 Å². The molecule has 1 fully saturated rings. The zero-order valence-electron chi connectivity index (χ0n) is 14.3. The Balaban J connectivity index is 2.14. The molecule has 0 amide bonds. The molecule has 0 unspecified atom stereocenters. The van der Waals surface area contributed by atoms with Crippen molar-refractivity contribution < 1.29 is 0 Å². The monoisotopic (exact) mass is 283 g/mol. The van der Waals surface area contributed by atoms with Crippen LogP contribution >= 0.6 is 0 Å². The van der Waals surface area contributed by atoms with Gasteiger partial charge < -0.3 is 0 Å². The van der Waals surface area contributed by atoms with Crippen LogP contribution in [-0.4, -0.2) is 0 Å². The molecule has 0 aromatic heterocycles. The first kappa shape index (κ1) is 16.1. The summed E-state index contributed by atoms with van der Waals surface area (Å²) >= 11 is 0. The Morgan fingerprint density at radius 2 is 1.81 bits per heavy atom. The molecule has 0 saturated heterocycles. The van der Waals surface area contributed by atoms with Crippen LogP contribution in [0.25, 0.3) is 0 Å². The summed E-state index contributed by atoms with van der Waals surface area (Å²) in [5.74, 6) is 0.762. The summed E-state index contributed by atoms with van der Waals surface area (Å²) in [4.78, 5) is 0. The Labute approximate surface area is 130 Å². The zero-order chi connectivity index (χ0) is 15.7. The molecular weight excluding hydrogens is 254 g/mol. The minimum atomic E-state index is -0.139. The Bertz CT molecular complexity index is 534. The molecule has 1 aromatic rings. The van der Waals surface area contributed by atoms with Crippen molar-refractivity contribution in [3.63, 3.8) is 0 Å². The van der Waals surface area contributed by atoms with Crippen LogP contribution in [0.4, 0.5) is 0 Å². The van der Waals surface area contributed by atoms with E-state index in [0.29, 0.717) is 5.41 Å². The maximum atomic E-state index is 9.80. The molecule has 1 heteroatoms. The number of nitriles is 1. The van der Waals surface area contributed by atoms with Crippen LogP contribution in [-0.2, 0) is 6.42 Å². The molecular formula is C20H29N. The topological polar surface area (TPSA) is 23.8 Å². The summed E-state index contributed by atoms with van der Waals surface area (Å²) in [6.07, 6.45) is 5.43. The highest BCUT2D eigenvalue weighted by Gasteiger charge is 2.39. The van der Waals surface area contributed by atoms with Crippen LogP contribution in [0.5, 0.6) is 0 Å². The van der Waals surface area contributed by atoms with Crippen molar-refractivity contribution in [2.24, 2.45) is 16.7 Å². The molecule has 0 atom stereocenters. The highest BCUT2D eigenvalue weighted by Crippen LogP contribution is 2.46. The van der Waals surface area contributed by atoms with Crippen LogP contribution in [0.1, 0.15) is 63.1 Å². The SMILES string of the molecule is Cc1ccc(C)c(CC2(C#N)CCC(C(C)(C)C)CC2)c1. The fraction of sp³-hybridized carbons (Fsp3) is 0.650. The van der Waals surface area contributed by atoms with Gasteiger partial charge in [-0.1, -0.05) is 44.5 Å². The normalized spacial score (nSPS) is 26.4. The smallest absolute Gasteiger partial charge is 0.0693 e. The third-order valence-corrected chi connectivity index (χ3v) is 5.44. The van der Waals surface area contributed by atoms with Crippen molar-refractivity contribution in [3.05, 3.63) is 34.9 Å². The molecule has 1 saturated carbocycles. The molecule has 0 spiro atoms. The summed E-state index contributed by atoms with van der Waals surface area (Å²) in [5, 5.41) is 9.80. The number of hydrogen-bond donors (Lipinski definition) is 0. The zero-order valence-corrected chi connectivity index (χ0v) is 14.3. The van der Waals surface area contributed by atoms with Crippen LogP contribution in [0.3, 0.4) is 0 Å². The van der Waals surface area contributed by atoms with Gasteiger partial charge in [0.15, 0.2) is 0 Å². The van der Waals surface area contributed by atoms with Crippen molar-refractivity contribution in [1.29, 1.82) is 5.26 Å². The third-order valence-electron chi connectivity index (χ3n) is 5.44. The lowest BCUT2D eigenvalue weighted by molar-refractivity contribution is 0.120. The average Bonchev–Trinajstić information content (AvgIpc) is 2.42. The standard InChI is InChI=1S/C20H29N/c1-15-6-7-16(2)17(12-15)13-20(14-21)10-8-18(9-11-20)19(3,4)5/h6-7,12,18H,8-11,13H2,1-5H3. The first-order valence-electron chi connectivity index (χ1n) is 8.23. The van der Waals surface area contributed by atoms with E-state index in [9.17, 15) is 5.26 Å². The van der Waals surface area contributed by atoms with Crippen LogP contribution in [0, 0.1) is 41.9 Å². The predicted octanol–water partition coefficient (Wildman–Crippen LogP) is 5.59. The first-order valence-corrected chi connectivity index (χ1v) is 8.23. The molecule has 114 valence electrons. The number of aryl methyl sites for hydroxylation is 2. The number of rotatable bonds is 2. The maximum absolute atomic E-state index is 9.80. The Kier molecular flexibility index (Phi) is 4.47. The van der Waals surface area contributed by atoms with Gasteiger partial charge in [-0.05, 0) is 68.4 Å². The fourth-order valence-electron chi connectivity index (χ4n) is 3.72. The molecule has 0 heterocycles. The van der Waals surface area contributed by atoms with Gasteiger partial charge in [0.1, 0.15) is 0 Å². The Hall–Kier alpha value is -1.29. The van der Waals surface area contributed by atoms with E-state index in [1.807, 2.05) is 0 Å². The van der Waals surface area contributed by atoms with E-state index in [1.165, 1.54) is 29.5 Å². The van der Waals surface area contributed by atoms with E-state index in [-0.39, 0.29) is 5.41 Å². The summed E-state index contributed by atoms with van der Waals surface area (Å²) in [6.45, 7) is 11.3. The molecule has 0 radical (unpaired) electrons. The van der Waals surface area contributed by atoms with Crippen molar-refractivity contribution >= 4 is 0 Å². The minimum Gasteiger partial charge on any atom is -0.198 e. The number of hydrogen-bond acceptors (Lipinski definition) is 1. The Morgan fingerprint density at radius 1 is 1.19 bits per heavy atom. The third kappa shape index (κ3) is 3.67. The van der Waals surface area contributed by atoms with Gasteiger partial charge in [0, 0.05) is 0 Å². The van der Waals surface area contributed by atoms with Gasteiger partial charge in [-0.15, -0.1) is 0 Å². The summed E-state index contributed by atoms with van der Waals surface area (Å²) < 4.78 is 0. The lowest BCUT2D eigenvalue weighted by Gasteiger charge is -2.41. The molecule has 0 N–H and O–H groups in total. The second-order valence-corrected chi connectivity index (χ2v) is 8.14. The van der Waals surface area contributed by atoms with E-state index in [2.05, 4.69) is 58.9 Å². The molecule has 0 aliphatic heterocycles. The summed E-state index contributed by atoms with van der Waals surface area (Å²) in [6, 6.07) is 9.30. The van der Waals surface area contributed by atoms with Crippen molar-refractivity contribution in [2.45, 2.75) is 66.7 Å². The van der Waals surface area contributed by atoms with E-state index < -0.39 is 0 Å². The summed E-state index contributed by atoms with van der Waals surface area (Å²) in [5.41, 5.74) is 4.23. The first-order chi connectivity index (χ1) is 9.76. The molecule has 21 heavy (non-hydrogen) atoms. The van der Waals surface area contributed by atoms with E-state index >= 15 is 0 Å². The minimum absolute atomic E-state index is 0.139. The van der Waals surface area contributed by atoms with Gasteiger partial charge in [0.05, 0.1) is 11.5 Å². The molecule has 1 aliphatic rings. The molecule has 2 rings (SSSR count).